The topological polar surface area (TPSA) is 97.1 Å². The molecule has 0 aliphatic rings. The summed E-state index contributed by atoms with van der Waals surface area (Å²) in [5.74, 6) is 0.732. The lowest BCUT2D eigenvalue weighted by molar-refractivity contribution is 0.0279. The number of rotatable bonds is 12. The van der Waals surface area contributed by atoms with Crippen LogP contribution in [0.25, 0.3) is 0 Å². The van der Waals surface area contributed by atoms with E-state index in [0.29, 0.717) is 32.1 Å². The molecular formula is C19H25NO6S. The molecule has 0 saturated heterocycles. The predicted octanol–water partition coefficient (Wildman–Crippen LogP) is 2.39. The van der Waals surface area contributed by atoms with Crippen LogP contribution in [0.2, 0.25) is 0 Å². The van der Waals surface area contributed by atoms with Gasteiger partial charge in [-0.25, -0.2) is 0 Å². The molecule has 2 N–H and O–H groups in total. The highest BCUT2D eigenvalue weighted by atomic mass is 32.2. The lowest BCUT2D eigenvalue weighted by Gasteiger charge is -2.08. The van der Waals surface area contributed by atoms with Gasteiger partial charge in [-0.3, -0.25) is 4.18 Å². The van der Waals surface area contributed by atoms with E-state index < -0.39 is 10.1 Å². The van der Waals surface area contributed by atoms with Crippen LogP contribution in [0.3, 0.4) is 0 Å². The summed E-state index contributed by atoms with van der Waals surface area (Å²) >= 11 is 0. The quantitative estimate of drug-likeness (QED) is 0.335. The molecule has 8 heteroatoms. The summed E-state index contributed by atoms with van der Waals surface area (Å²) in [4.78, 5) is 0.137. The molecule has 27 heavy (non-hydrogen) atoms. The van der Waals surface area contributed by atoms with E-state index in [4.69, 9.17) is 24.1 Å². The van der Waals surface area contributed by atoms with E-state index in [1.54, 1.807) is 36.4 Å². The molecule has 148 valence electrons. The van der Waals surface area contributed by atoms with Gasteiger partial charge in [0, 0.05) is 5.69 Å². The first-order valence-corrected chi connectivity index (χ1v) is 9.98. The molecule has 2 aromatic rings. The van der Waals surface area contributed by atoms with Gasteiger partial charge in [0.1, 0.15) is 12.4 Å². The Labute approximate surface area is 160 Å². The van der Waals surface area contributed by atoms with Crippen LogP contribution in [0.1, 0.15) is 5.56 Å². The summed E-state index contributed by atoms with van der Waals surface area (Å²) in [6.07, 6.45) is 0. The molecule has 0 fully saturated rings. The molecule has 0 radical (unpaired) electrons. The van der Waals surface area contributed by atoms with Crippen molar-refractivity contribution in [2.45, 2.75) is 11.8 Å². The molecule has 0 bridgehead atoms. The Hall–Kier alpha value is -2.13. The fourth-order valence-electron chi connectivity index (χ4n) is 2.08. The molecule has 0 aliphatic heterocycles. The van der Waals surface area contributed by atoms with Crippen molar-refractivity contribution in [3.05, 3.63) is 54.1 Å². The summed E-state index contributed by atoms with van der Waals surface area (Å²) < 4.78 is 45.0. The van der Waals surface area contributed by atoms with Gasteiger partial charge in [0.15, 0.2) is 0 Å². The van der Waals surface area contributed by atoms with E-state index in [1.807, 2.05) is 6.92 Å². The molecular weight excluding hydrogens is 370 g/mol. The highest BCUT2D eigenvalue weighted by Gasteiger charge is 2.14. The van der Waals surface area contributed by atoms with Crippen LogP contribution in [0.4, 0.5) is 5.69 Å². The van der Waals surface area contributed by atoms with Crippen LogP contribution in [-0.4, -0.2) is 48.1 Å². The van der Waals surface area contributed by atoms with Crippen LogP contribution in [-0.2, 0) is 23.8 Å². The number of nitrogen functional groups attached to an aromatic ring is 1. The van der Waals surface area contributed by atoms with E-state index in [9.17, 15) is 8.42 Å². The zero-order chi connectivity index (χ0) is 19.5. The molecule has 0 aliphatic carbocycles. The zero-order valence-electron chi connectivity index (χ0n) is 15.3. The van der Waals surface area contributed by atoms with Crippen molar-refractivity contribution >= 4 is 15.8 Å². The van der Waals surface area contributed by atoms with Crippen molar-refractivity contribution in [1.82, 2.24) is 0 Å². The second-order valence-corrected chi connectivity index (χ2v) is 7.35. The van der Waals surface area contributed by atoms with Crippen molar-refractivity contribution in [2.24, 2.45) is 0 Å². The van der Waals surface area contributed by atoms with Crippen LogP contribution in [0.15, 0.2) is 53.4 Å². The van der Waals surface area contributed by atoms with Gasteiger partial charge in [0.05, 0.1) is 37.9 Å². The van der Waals surface area contributed by atoms with Crippen molar-refractivity contribution in [3.63, 3.8) is 0 Å². The monoisotopic (exact) mass is 395 g/mol. The van der Waals surface area contributed by atoms with Crippen molar-refractivity contribution < 1.29 is 26.8 Å². The Bertz CT molecular complexity index is 775. The highest BCUT2D eigenvalue weighted by molar-refractivity contribution is 7.86. The van der Waals surface area contributed by atoms with E-state index >= 15 is 0 Å². The number of hydrogen-bond acceptors (Lipinski definition) is 7. The first-order chi connectivity index (χ1) is 13.0. The van der Waals surface area contributed by atoms with E-state index in [-0.39, 0.29) is 18.1 Å². The lowest BCUT2D eigenvalue weighted by Crippen LogP contribution is -2.14. The van der Waals surface area contributed by atoms with Gasteiger partial charge in [0.25, 0.3) is 10.1 Å². The summed E-state index contributed by atoms with van der Waals surface area (Å²) in [5.41, 5.74) is 7.26. The lowest BCUT2D eigenvalue weighted by atomic mass is 10.2. The number of benzene rings is 2. The fraction of sp³-hybridized carbons (Fsp3) is 0.368. The van der Waals surface area contributed by atoms with E-state index in [1.165, 1.54) is 12.1 Å². The van der Waals surface area contributed by atoms with Gasteiger partial charge in [-0.2, -0.15) is 8.42 Å². The second-order valence-electron chi connectivity index (χ2n) is 5.73. The first-order valence-electron chi connectivity index (χ1n) is 8.57. The molecule has 0 atom stereocenters. The summed E-state index contributed by atoms with van der Waals surface area (Å²) in [7, 11) is -3.75. The maximum Gasteiger partial charge on any atom is 0.297 e. The molecule has 7 nitrogen and oxygen atoms in total. The number of anilines is 1. The highest BCUT2D eigenvalue weighted by Crippen LogP contribution is 2.13. The minimum Gasteiger partial charge on any atom is -0.491 e. The van der Waals surface area contributed by atoms with Crippen LogP contribution >= 0.6 is 0 Å². The molecule has 0 heterocycles. The van der Waals surface area contributed by atoms with Crippen LogP contribution in [0, 0.1) is 6.92 Å². The molecule has 0 aromatic heterocycles. The van der Waals surface area contributed by atoms with Crippen LogP contribution in [0.5, 0.6) is 5.75 Å². The zero-order valence-corrected chi connectivity index (χ0v) is 16.1. The minimum atomic E-state index is -3.75. The fourth-order valence-corrected chi connectivity index (χ4v) is 2.97. The average molecular weight is 395 g/mol. The van der Waals surface area contributed by atoms with Gasteiger partial charge in [-0.15, -0.1) is 0 Å². The summed E-state index contributed by atoms with van der Waals surface area (Å²) in [6.45, 7) is 3.57. The van der Waals surface area contributed by atoms with Gasteiger partial charge >= 0.3 is 0 Å². The number of nitrogens with two attached hydrogens (primary N) is 1. The number of ether oxygens (including phenoxy) is 3. The maximum absolute atomic E-state index is 12.0. The Morgan fingerprint density at radius 2 is 1.33 bits per heavy atom. The molecule has 0 unspecified atom stereocenters. The van der Waals surface area contributed by atoms with Crippen LogP contribution < -0.4 is 10.5 Å². The molecule has 2 rings (SSSR count). The number of aryl methyl sites for hydroxylation is 1. The molecule has 0 spiro atoms. The first kappa shape index (κ1) is 21.2. The van der Waals surface area contributed by atoms with E-state index in [0.717, 1.165) is 11.3 Å². The Balaban J connectivity index is 1.48. The third-order valence-corrected chi connectivity index (χ3v) is 4.85. The van der Waals surface area contributed by atoms with E-state index in [2.05, 4.69) is 0 Å². The smallest absolute Gasteiger partial charge is 0.297 e. The van der Waals surface area contributed by atoms with Gasteiger partial charge in [-0.1, -0.05) is 17.7 Å². The molecule has 0 amide bonds. The van der Waals surface area contributed by atoms with Crippen molar-refractivity contribution in [2.75, 3.05) is 45.4 Å². The summed E-state index contributed by atoms with van der Waals surface area (Å²) in [6, 6.07) is 13.6. The number of hydrogen-bond donors (Lipinski definition) is 1. The Morgan fingerprint density at radius 1 is 0.778 bits per heavy atom. The predicted molar refractivity (Wildman–Crippen MR) is 102 cm³/mol. The third kappa shape index (κ3) is 7.96. The third-order valence-electron chi connectivity index (χ3n) is 3.52. The minimum absolute atomic E-state index is 0.0452. The Kier molecular flexibility index (Phi) is 8.53. The largest absolute Gasteiger partial charge is 0.491 e. The normalized spacial score (nSPS) is 11.4. The van der Waals surface area contributed by atoms with Crippen molar-refractivity contribution in [1.29, 1.82) is 0 Å². The maximum atomic E-state index is 12.0. The SMILES string of the molecule is Cc1ccc(S(=O)(=O)OCCOCCOCCOc2ccc(N)cc2)cc1. The van der Waals surface area contributed by atoms with Gasteiger partial charge in [0.2, 0.25) is 0 Å². The Morgan fingerprint density at radius 3 is 1.96 bits per heavy atom. The summed E-state index contributed by atoms with van der Waals surface area (Å²) in [5, 5.41) is 0. The molecule has 0 saturated carbocycles. The second kappa shape index (κ2) is 10.9. The molecule has 2 aromatic carbocycles. The standard InChI is InChI=1S/C19H25NO6S/c1-16-2-8-19(9-3-16)27(21,22)26-15-13-24-11-10-23-12-14-25-18-6-4-17(20)5-7-18/h2-9H,10-15,20H2,1H3. The van der Waals surface area contributed by atoms with Gasteiger partial charge in [-0.05, 0) is 43.3 Å². The van der Waals surface area contributed by atoms with Gasteiger partial charge < -0.3 is 19.9 Å². The van der Waals surface area contributed by atoms with Crippen molar-refractivity contribution in [3.8, 4) is 5.75 Å². The average Bonchev–Trinajstić information content (AvgIpc) is 2.65.